The van der Waals surface area contributed by atoms with Crippen LogP contribution in [0.1, 0.15) is 17.0 Å². The number of hydrogen-bond acceptors (Lipinski definition) is 4. The summed E-state index contributed by atoms with van der Waals surface area (Å²) in [6.07, 6.45) is 1.84. The zero-order valence-electron chi connectivity index (χ0n) is 11.3. The molecule has 0 bridgehead atoms. The van der Waals surface area contributed by atoms with Crippen LogP contribution in [0.25, 0.3) is 0 Å². The van der Waals surface area contributed by atoms with Crippen molar-refractivity contribution >= 4 is 29.1 Å². The summed E-state index contributed by atoms with van der Waals surface area (Å²) in [7, 11) is 0. The molecule has 1 saturated heterocycles. The molecule has 110 valence electrons. The van der Waals surface area contributed by atoms with Gasteiger partial charge in [0.15, 0.2) is 0 Å². The average molecular weight is 323 g/mol. The SMILES string of the molecule is O=C(O)[C@@H]1CN(Cc2cnsc2)C[C@H]1c1ccc(Cl)cc1. The van der Waals surface area contributed by atoms with Gasteiger partial charge in [0.25, 0.3) is 0 Å². The highest BCUT2D eigenvalue weighted by atomic mass is 35.5. The molecule has 0 saturated carbocycles. The van der Waals surface area contributed by atoms with E-state index in [9.17, 15) is 9.90 Å². The first-order valence-corrected chi connectivity index (χ1v) is 7.94. The van der Waals surface area contributed by atoms with E-state index in [4.69, 9.17) is 11.6 Å². The van der Waals surface area contributed by atoms with E-state index in [1.54, 1.807) is 0 Å². The molecule has 21 heavy (non-hydrogen) atoms. The second-order valence-electron chi connectivity index (χ2n) is 5.33. The molecule has 4 nitrogen and oxygen atoms in total. The van der Waals surface area contributed by atoms with Gasteiger partial charge < -0.3 is 5.11 Å². The van der Waals surface area contributed by atoms with Crippen LogP contribution in [0, 0.1) is 5.92 Å². The molecule has 0 spiro atoms. The quantitative estimate of drug-likeness (QED) is 0.939. The first kappa shape index (κ1) is 14.5. The molecule has 0 aliphatic carbocycles. The van der Waals surface area contributed by atoms with E-state index in [0.29, 0.717) is 11.6 Å². The minimum absolute atomic E-state index is 0.00589. The van der Waals surface area contributed by atoms with Crippen molar-refractivity contribution in [2.24, 2.45) is 5.92 Å². The molecule has 2 aromatic rings. The van der Waals surface area contributed by atoms with Crippen LogP contribution >= 0.6 is 23.1 Å². The zero-order chi connectivity index (χ0) is 14.8. The van der Waals surface area contributed by atoms with E-state index in [0.717, 1.165) is 24.2 Å². The average Bonchev–Trinajstić information content (AvgIpc) is 3.10. The molecule has 1 aliphatic rings. The van der Waals surface area contributed by atoms with E-state index in [1.807, 2.05) is 35.8 Å². The standard InChI is InChI=1S/C15H15ClN2O2S/c16-12-3-1-11(2-4-12)13-7-18(8-14(13)15(19)20)6-10-5-17-21-9-10/h1-5,9,13-14H,6-8H2,(H,19,20)/t13-,14+/m0/s1. The summed E-state index contributed by atoms with van der Waals surface area (Å²) in [5.74, 6) is -1.11. The molecule has 3 rings (SSSR count). The fraction of sp³-hybridized carbons (Fsp3) is 0.333. The number of aromatic nitrogens is 1. The summed E-state index contributed by atoms with van der Waals surface area (Å²) in [5.41, 5.74) is 2.18. The van der Waals surface area contributed by atoms with Crippen molar-refractivity contribution < 1.29 is 9.90 Å². The Labute approximate surface area is 132 Å². The zero-order valence-corrected chi connectivity index (χ0v) is 12.8. The van der Waals surface area contributed by atoms with E-state index in [2.05, 4.69) is 9.27 Å². The highest BCUT2D eigenvalue weighted by molar-refractivity contribution is 7.03. The first-order valence-electron chi connectivity index (χ1n) is 6.72. The molecule has 1 aromatic carbocycles. The van der Waals surface area contributed by atoms with E-state index in [1.165, 1.54) is 11.5 Å². The molecule has 2 atom stereocenters. The van der Waals surface area contributed by atoms with Crippen LogP contribution < -0.4 is 0 Å². The third-order valence-electron chi connectivity index (χ3n) is 3.90. The lowest BCUT2D eigenvalue weighted by Gasteiger charge is -2.15. The van der Waals surface area contributed by atoms with E-state index in [-0.39, 0.29) is 11.8 Å². The maximum absolute atomic E-state index is 11.5. The molecule has 1 aromatic heterocycles. The number of halogens is 1. The number of benzene rings is 1. The monoisotopic (exact) mass is 322 g/mol. The van der Waals surface area contributed by atoms with Gasteiger partial charge in [0.1, 0.15) is 0 Å². The predicted molar refractivity (Wildman–Crippen MR) is 82.7 cm³/mol. The van der Waals surface area contributed by atoms with Crippen molar-refractivity contribution in [3.63, 3.8) is 0 Å². The Balaban J connectivity index is 1.78. The second-order valence-corrected chi connectivity index (χ2v) is 6.42. The Kier molecular flexibility index (Phi) is 4.24. The summed E-state index contributed by atoms with van der Waals surface area (Å²) in [6, 6.07) is 7.50. The fourth-order valence-corrected chi connectivity index (χ4v) is 3.53. The van der Waals surface area contributed by atoms with Crippen LogP contribution in [0.5, 0.6) is 0 Å². The smallest absolute Gasteiger partial charge is 0.308 e. The Morgan fingerprint density at radius 2 is 2.14 bits per heavy atom. The van der Waals surface area contributed by atoms with Crippen LogP contribution in [0.15, 0.2) is 35.8 Å². The predicted octanol–water partition coefficient (Wildman–Crippen LogP) is 3.10. The third-order valence-corrected chi connectivity index (χ3v) is 4.79. The van der Waals surface area contributed by atoms with Gasteiger partial charge in [-0.1, -0.05) is 23.7 Å². The number of carbonyl (C=O) groups is 1. The molecular formula is C15H15ClN2O2S. The molecule has 1 aliphatic heterocycles. The lowest BCUT2D eigenvalue weighted by molar-refractivity contribution is -0.141. The minimum Gasteiger partial charge on any atom is -0.481 e. The molecule has 1 N–H and O–H groups in total. The van der Waals surface area contributed by atoms with Crippen molar-refractivity contribution in [2.45, 2.75) is 12.5 Å². The number of carboxylic acid groups (broad SMARTS) is 1. The van der Waals surface area contributed by atoms with E-state index < -0.39 is 5.97 Å². The van der Waals surface area contributed by atoms with Gasteiger partial charge in [0.2, 0.25) is 0 Å². The summed E-state index contributed by atoms with van der Waals surface area (Å²) in [5, 5.41) is 12.2. The van der Waals surface area contributed by atoms with Crippen molar-refractivity contribution in [1.82, 2.24) is 9.27 Å². The Morgan fingerprint density at radius 3 is 2.76 bits per heavy atom. The number of carboxylic acids is 1. The second kappa shape index (κ2) is 6.13. The summed E-state index contributed by atoms with van der Waals surface area (Å²) < 4.78 is 4.09. The lowest BCUT2D eigenvalue weighted by atomic mass is 9.89. The fourth-order valence-electron chi connectivity index (χ4n) is 2.88. The van der Waals surface area contributed by atoms with Crippen LogP contribution in [-0.2, 0) is 11.3 Å². The third kappa shape index (κ3) is 3.26. The van der Waals surface area contributed by atoms with Gasteiger partial charge in [-0.05, 0) is 34.8 Å². The van der Waals surface area contributed by atoms with Gasteiger partial charge in [0.05, 0.1) is 5.92 Å². The summed E-state index contributed by atoms with van der Waals surface area (Å²) >= 11 is 7.33. The molecule has 0 amide bonds. The molecule has 0 unspecified atom stereocenters. The minimum atomic E-state index is -0.735. The van der Waals surface area contributed by atoms with Crippen LogP contribution in [-0.4, -0.2) is 33.4 Å². The maximum atomic E-state index is 11.5. The number of aliphatic carboxylic acids is 1. The van der Waals surface area contributed by atoms with Crippen molar-refractivity contribution in [1.29, 1.82) is 0 Å². The number of likely N-dealkylation sites (tertiary alicyclic amines) is 1. The number of nitrogens with zero attached hydrogens (tertiary/aromatic N) is 2. The van der Waals surface area contributed by atoms with Crippen LogP contribution in [0.3, 0.4) is 0 Å². The van der Waals surface area contributed by atoms with Crippen molar-refractivity contribution in [2.75, 3.05) is 13.1 Å². The van der Waals surface area contributed by atoms with Gasteiger partial charge in [-0.3, -0.25) is 9.69 Å². The summed E-state index contributed by atoms with van der Waals surface area (Å²) in [6.45, 7) is 2.07. The van der Waals surface area contributed by atoms with Crippen molar-refractivity contribution in [3.8, 4) is 0 Å². The molecule has 6 heteroatoms. The molecule has 1 fully saturated rings. The number of rotatable bonds is 4. The molecule has 2 heterocycles. The van der Waals surface area contributed by atoms with Gasteiger partial charge in [-0.15, -0.1) is 0 Å². The van der Waals surface area contributed by atoms with Gasteiger partial charge in [0, 0.05) is 42.2 Å². The topological polar surface area (TPSA) is 53.4 Å². The highest BCUT2D eigenvalue weighted by Crippen LogP contribution is 2.34. The first-order chi connectivity index (χ1) is 10.1. The highest BCUT2D eigenvalue weighted by Gasteiger charge is 2.38. The van der Waals surface area contributed by atoms with Crippen LogP contribution in [0.4, 0.5) is 0 Å². The Morgan fingerprint density at radius 1 is 1.38 bits per heavy atom. The lowest BCUT2D eigenvalue weighted by Crippen LogP contribution is -2.23. The Hall–Kier alpha value is -1.43. The van der Waals surface area contributed by atoms with Gasteiger partial charge in [-0.25, -0.2) is 4.37 Å². The van der Waals surface area contributed by atoms with Gasteiger partial charge >= 0.3 is 5.97 Å². The van der Waals surface area contributed by atoms with E-state index >= 15 is 0 Å². The van der Waals surface area contributed by atoms with Crippen molar-refractivity contribution in [3.05, 3.63) is 52.0 Å². The molecule has 0 radical (unpaired) electrons. The maximum Gasteiger partial charge on any atom is 0.308 e. The normalized spacial score (nSPS) is 22.5. The summed E-state index contributed by atoms with van der Waals surface area (Å²) in [4.78, 5) is 13.7. The largest absolute Gasteiger partial charge is 0.481 e. The Bertz CT molecular complexity index is 615. The van der Waals surface area contributed by atoms with Crippen LogP contribution in [0.2, 0.25) is 5.02 Å². The molecular weight excluding hydrogens is 308 g/mol. The van der Waals surface area contributed by atoms with Gasteiger partial charge in [-0.2, -0.15) is 0 Å². The number of hydrogen-bond donors (Lipinski definition) is 1.